The van der Waals surface area contributed by atoms with Crippen LogP contribution < -0.4 is 11.5 Å². The fraction of sp³-hybridized carbons (Fsp3) is 0.833. The summed E-state index contributed by atoms with van der Waals surface area (Å²) in [7, 11) is 1.50. The van der Waals surface area contributed by atoms with E-state index in [-0.39, 0.29) is 42.2 Å². The van der Waals surface area contributed by atoms with Crippen LogP contribution in [0.25, 0.3) is 0 Å². The van der Waals surface area contributed by atoms with Crippen LogP contribution in [0.5, 0.6) is 0 Å². The number of primary amides is 1. The maximum atomic E-state index is 13.3. The Hall–Kier alpha value is -2.14. The summed E-state index contributed by atoms with van der Waals surface area (Å²) < 4.78 is 6.07. The zero-order chi connectivity index (χ0) is 23.1. The lowest BCUT2D eigenvalue weighted by molar-refractivity contribution is -0.203. The molecular formula is C24H36N4O4. The monoisotopic (exact) mass is 444 g/mol. The molecule has 0 spiro atoms. The fourth-order valence-corrected chi connectivity index (χ4v) is 7.73. The summed E-state index contributed by atoms with van der Waals surface area (Å²) in [5.41, 5.74) is 9.12. The van der Waals surface area contributed by atoms with Gasteiger partial charge in [-0.2, -0.15) is 5.26 Å². The Morgan fingerprint density at radius 1 is 1.06 bits per heavy atom. The number of rotatable bonds is 7. The quantitative estimate of drug-likeness (QED) is 0.576. The van der Waals surface area contributed by atoms with Gasteiger partial charge >= 0.3 is 5.97 Å². The van der Waals surface area contributed by atoms with Gasteiger partial charge < -0.3 is 21.1 Å². The first-order valence-electron chi connectivity index (χ1n) is 12.1. The number of fused-ring (bicyclic) bond motifs is 1. The summed E-state index contributed by atoms with van der Waals surface area (Å²) in [5, 5.41) is 9.47. The highest BCUT2D eigenvalue weighted by Crippen LogP contribution is 2.64. The minimum atomic E-state index is -0.448. The normalized spacial score (nSPS) is 40.0. The van der Waals surface area contributed by atoms with Crippen molar-refractivity contribution in [3.8, 4) is 6.07 Å². The molecule has 4 bridgehead atoms. The first-order valence-corrected chi connectivity index (χ1v) is 12.1. The molecule has 5 unspecified atom stereocenters. The average Bonchev–Trinajstić information content (AvgIpc) is 3.36. The average molecular weight is 445 g/mol. The lowest BCUT2D eigenvalue weighted by atomic mass is 9.47. The minimum absolute atomic E-state index is 0.0956. The van der Waals surface area contributed by atoms with Crippen molar-refractivity contribution in [2.45, 2.75) is 94.7 Å². The molecule has 0 aromatic rings. The van der Waals surface area contributed by atoms with Crippen molar-refractivity contribution in [3.05, 3.63) is 0 Å². The lowest BCUT2D eigenvalue weighted by Gasteiger charge is -2.61. The minimum Gasteiger partial charge on any atom is -0.459 e. The van der Waals surface area contributed by atoms with E-state index in [1.165, 1.54) is 13.5 Å². The number of hydrogen-bond acceptors (Lipinski definition) is 6. The first kappa shape index (κ1) is 23.0. The second-order valence-corrected chi connectivity index (χ2v) is 10.9. The van der Waals surface area contributed by atoms with E-state index in [0.717, 1.165) is 44.9 Å². The van der Waals surface area contributed by atoms with Gasteiger partial charge in [0.25, 0.3) is 0 Å². The second kappa shape index (κ2) is 8.66. The number of likely N-dealkylation sites (tertiary alicyclic amines) is 1. The van der Waals surface area contributed by atoms with Gasteiger partial charge in [-0.05, 0) is 88.0 Å². The molecule has 0 aromatic heterocycles. The van der Waals surface area contributed by atoms with E-state index >= 15 is 0 Å². The van der Waals surface area contributed by atoms with Crippen LogP contribution in [0.2, 0.25) is 0 Å². The molecule has 8 nitrogen and oxygen atoms in total. The summed E-state index contributed by atoms with van der Waals surface area (Å²) in [6, 6.07) is 2.36. The summed E-state index contributed by atoms with van der Waals surface area (Å²) >= 11 is 0. The Morgan fingerprint density at radius 2 is 1.75 bits per heavy atom. The Bertz CT molecular complexity index is 807. The molecule has 6 rings (SSSR count). The Balaban J connectivity index is 0.00000119. The van der Waals surface area contributed by atoms with E-state index in [1.54, 1.807) is 0 Å². The van der Waals surface area contributed by atoms with Gasteiger partial charge in [-0.25, -0.2) is 0 Å². The van der Waals surface area contributed by atoms with E-state index < -0.39 is 11.5 Å². The summed E-state index contributed by atoms with van der Waals surface area (Å²) in [6.45, 7) is 0. The molecule has 8 heteroatoms. The van der Waals surface area contributed by atoms with Crippen molar-refractivity contribution in [2.24, 2.45) is 34.6 Å². The Labute approximate surface area is 190 Å². The number of ether oxygens (including phenoxy) is 1. The molecule has 6 aliphatic rings. The molecule has 5 saturated carbocycles. The van der Waals surface area contributed by atoms with Crippen LogP contribution in [-0.4, -0.2) is 47.4 Å². The van der Waals surface area contributed by atoms with Gasteiger partial charge in [-0.3, -0.25) is 14.4 Å². The molecule has 1 aliphatic heterocycles. The zero-order valence-corrected chi connectivity index (χ0v) is 19.1. The van der Waals surface area contributed by atoms with Crippen molar-refractivity contribution in [1.82, 2.24) is 4.90 Å². The molecule has 4 N–H and O–H groups in total. The topological polar surface area (TPSA) is 140 Å². The predicted molar refractivity (Wildman–Crippen MR) is 116 cm³/mol. The summed E-state index contributed by atoms with van der Waals surface area (Å²) in [5.74, 6) is 1.04. The van der Waals surface area contributed by atoms with Crippen LogP contribution in [0.3, 0.4) is 0 Å². The molecule has 32 heavy (non-hydrogen) atoms. The fourth-order valence-electron chi connectivity index (χ4n) is 7.73. The molecular weight excluding hydrogens is 408 g/mol. The van der Waals surface area contributed by atoms with Crippen LogP contribution >= 0.6 is 0 Å². The van der Waals surface area contributed by atoms with Gasteiger partial charge in [0.1, 0.15) is 11.6 Å². The number of piperidine rings is 1. The Morgan fingerprint density at radius 3 is 2.38 bits per heavy atom. The van der Waals surface area contributed by atoms with E-state index in [2.05, 4.69) is 11.8 Å². The van der Waals surface area contributed by atoms with Crippen LogP contribution in [0, 0.1) is 34.5 Å². The zero-order valence-electron chi connectivity index (χ0n) is 19.1. The smallest absolute Gasteiger partial charge is 0.306 e. The predicted octanol–water partition coefficient (Wildman–Crippen LogP) is 2.00. The molecule has 5 atom stereocenters. The molecule has 0 aromatic carbocycles. The van der Waals surface area contributed by atoms with Gasteiger partial charge in [0.05, 0.1) is 6.07 Å². The third-order valence-corrected chi connectivity index (χ3v) is 8.33. The maximum Gasteiger partial charge on any atom is 0.306 e. The number of nitriles is 1. The van der Waals surface area contributed by atoms with Crippen molar-refractivity contribution < 1.29 is 19.1 Å². The summed E-state index contributed by atoms with van der Waals surface area (Å²) in [6.07, 6.45) is 9.02. The van der Waals surface area contributed by atoms with Crippen LogP contribution in [0.1, 0.15) is 77.0 Å². The van der Waals surface area contributed by atoms with Crippen LogP contribution in [0.4, 0.5) is 0 Å². The molecule has 2 amide bonds. The standard InChI is InChI=1S/C23H31N3O4.CH5N/c24-12-17-5-16-6-18(16)26(17)20(28)11-22-7-14-4-15(8-22)10-23(9-14,13-22)30-21(29)3-1-2-19(25)27;1-2/h14-18H,1-11,13H2,(H2,25,27);2H2,1H3. The third kappa shape index (κ3) is 4.36. The highest BCUT2D eigenvalue weighted by Gasteiger charge is 2.61. The maximum absolute atomic E-state index is 13.3. The first-order chi connectivity index (χ1) is 15.3. The van der Waals surface area contributed by atoms with Crippen molar-refractivity contribution >= 4 is 17.8 Å². The van der Waals surface area contributed by atoms with Gasteiger partial charge in [0, 0.05) is 25.3 Å². The number of nitrogens with zero attached hydrogens (tertiary/aromatic N) is 2. The molecule has 1 saturated heterocycles. The van der Waals surface area contributed by atoms with E-state index in [0.29, 0.717) is 30.6 Å². The number of carbonyl (C=O) groups is 3. The molecule has 0 radical (unpaired) electrons. The number of amides is 2. The molecule has 5 aliphatic carbocycles. The Kier molecular flexibility index (Phi) is 6.23. The number of carbonyl (C=O) groups excluding carboxylic acids is 3. The lowest BCUT2D eigenvalue weighted by Crippen LogP contribution is -2.58. The highest BCUT2D eigenvalue weighted by atomic mass is 16.6. The largest absolute Gasteiger partial charge is 0.459 e. The number of nitrogens with two attached hydrogens (primary N) is 2. The van der Waals surface area contributed by atoms with Crippen molar-refractivity contribution in [3.63, 3.8) is 0 Å². The van der Waals surface area contributed by atoms with E-state index in [4.69, 9.17) is 10.5 Å². The molecule has 176 valence electrons. The van der Waals surface area contributed by atoms with Gasteiger partial charge in [0.2, 0.25) is 11.8 Å². The highest BCUT2D eigenvalue weighted by molar-refractivity contribution is 5.79. The molecule has 6 fully saturated rings. The SMILES string of the molecule is CN.N#CC1CC2CC2N1C(=O)CC12CC3CC(C1)CC(OC(=O)CCCC(N)=O)(C3)C2. The van der Waals surface area contributed by atoms with E-state index in [9.17, 15) is 19.6 Å². The summed E-state index contributed by atoms with van der Waals surface area (Å²) in [4.78, 5) is 38.6. The second-order valence-electron chi connectivity index (χ2n) is 10.9. The number of esters is 1. The van der Waals surface area contributed by atoms with Gasteiger partial charge in [-0.1, -0.05) is 0 Å². The molecule has 1 heterocycles. The van der Waals surface area contributed by atoms with Crippen molar-refractivity contribution in [1.29, 1.82) is 5.26 Å². The third-order valence-electron chi connectivity index (χ3n) is 8.33. The van der Waals surface area contributed by atoms with E-state index in [1.807, 2.05) is 4.90 Å². The van der Waals surface area contributed by atoms with Crippen LogP contribution in [-0.2, 0) is 19.1 Å². The number of hydrogen-bond donors (Lipinski definition) is 2. The van der Waals surface area contributed by atoms with Crippen molar-refractivity contribution in [2.75, 3.05) is 7.05 Å². The van der Waals surface area contributed by atoms with Crippen LogP contribution in [0.15, 0.2) is 0 Å². The van der Waals surface area contributed by atoms with Gasteiger partial charge in [0.15, 0.2) is 0 Å². The van der Waals surface area contributed by atoms with Gasteiger partial charge in [-0.15, -0.1) is 0 Å².